The summed E-state index contributed by atoms with van der Waals surface area (Å²) in [6.45, 7) is 3.98. The Labute approximate surface area is 101 Å². The van der Waals surface area contributed by atoms with Gasteiger partial charge in [-0.25, -0.2) is 0 Å². The number of aryl methyl sites for hydroxylation is 1. The molecular weight excluding hydrogens is 214 g/mol. The summed E-state index contributed by atoms with van der Waals surface area (Å²) >= 11 is 0. The highest BCUT2D eigenvalue weighted by atomic mass is 16.2. The number of carbonyl (C=O) groups excluding carboxylic acids is 2. The van der Waals surface area contributed by atoms with E-state index in [9.17, 15) is 9.59 Å². The summed E-state index contributed by atoms with van der Waals surface area (Å²) in [5.74, 6) is -0.453. The van der Waals surface area contributed by atoms with E-state index in [-0.39, 0.29) is 23.7 Å². The third kappa shape index (κ3) is 2.38. The molecule has 1 saturated heterocycles. The second-order valence-electron chi connectivity index (χ2n) is 4.61. The number of nitrogens with one attached hydrogen (secondary N) is 1. The molecule has 90 valence electrons. The van der Waals surface area contributed by atoms with Crippen molar-refractivity contribution in [2.75, 3.05) is 0 Å². The zero-order valence-corrected chi connectivity index (χ0v) is 10.2. The average molecular weight is 231 g/mol. The fourth-order valence-electron chi connectivity index (χ4n) is 2.27. The largest absolute Gasteiger partial charge is 0.296 e. The Bertz CT molecular complexity index is 436. The first-order valence-electron chi connectivity index (χ1n) is 6.04. The minimum absolute atomic E-state index is 0.0159. The van der Waals surface area contributed by atoms with E-state index < -0.39 is 0 Å². The number of benzene rings is 1. The van der Waals surface area contributed by atoms with Crippen molar-refractivity contribution in [1.29, 1.82) is 0 Å². The molecule has 1 fully saturated rings. The summed E-state index contributed by atoms with van der Waals surface area (Å²) < 4.78 is 0. The molecule has 0 radical (unpaired) electrons. The number of hydrogen-bond acceptors (Lipinski definition) is 2. The van der Waals surface area contributed by atoms with E-state index >= 15 is 0 Å². The molecule has 2 amide bonds. The summed E-state index contributed by atoms with van der Waals surface area (Å²) in [5, 5.41) is 2.37. The maximum absolute atomic E-state index is 11.6. The fraction of sp³-hybridized carbons (Fsp3) is 0.429. The number of imide groups is 1. The van der Waals surface area contributed by atoms with E-state index in [0.717, 1.165) is 12.0 Å². The van der Waals surface area contributed by atoms with Gasteiger partial charge in [0.15, 0.2) is 0 Å². The zero-order valence-electron chi connectivity index (χ0n) is 10.2. The third-order valence-corrected chi connectivity index (χ3v) is 3.50. The minimum Gasteiger partial charge on any atom is -0.296 e. The van der Waals surface area contributed by atoms with Crippen LogP contribution in [0.1, 0.15) is 37.3 Å². The van der Waals surface area contributed by atoms with Crippen molar-refractivity contribution < 1.29 is 9.59 Å². The van der Waals surface area contributed by atoms with Gasteiger partial charge in [-0.2, -0.15) is 0 Å². The molecule has 2 atom stereocenters. The molecule has 1 N–H and O–H groups in total. The Morgan fingerprint density at radius 1 is 1.24 bits per heavy atom. The van der Waals surface area contributed by atoms with Gasteiger partial charge in [-0.1, -0.05) is 38.1 Å². The molecule has 2 rings (SSSR count). The highest BCUT2D eigenvalue weighted by Crippen LogP contribution is 2.31. The lowest BCUT2D eigenvalue weighted by atomic mass is 9.81. The molecule has 3 heteroatoms. The predicted molar refractivity (Wildman–Crippen MR) is 65.5 cm³/mol. The van der Waals surface area contributed by atoms with Gasteiger partial charge in [0, 0.05) is 18.3 Å². The smallest absolute Gasteiger partial charge is 0.230 e. The van der Waals surface area contributed by atoms with Crippen LogP contribution in [-0.2, 0) is 16.0 Å². The molecule has 17 heavy (non-hydrogen) atoms. The van der Waals surface area contributed by atoms with Crippen LogP contribution in [-0.4, -0.2) is 11.8 Å². The third-order valence-electron chi connectivity index (χ3n) is 3.50. The van der Waals surface area contributed by atoms with E-state index in [4.69, 9.17) is 0 Å². The first-order valence-corrected chi connectivity index (χ1v) is 6.04. The molecule has 2 unspecified atom stereocenters. The molecule has 1 aromatic rings. The Balaban J connectivity index is 2.24. The van der Waals surface area contributed by atoms with Crippen LogP contribution >= 0.6 is 0 Å². The van der Waals surface area contributed by atoms with E-state index in [2.05, 4.69) is 24.4 Å². The van der Waals surface area contributed by atoms with Gasteiger partial charge in [0.25, 0.3) is 0 Å². The Morgan fingerprint density at radius 3 is 2.47 bits per heavy atom. The molecule has 1 aliphatic heterocycles. The molecule has 1 aliphatic rings. The van der Waals surface area contributed by atoms with Crippen molar-refractivity contribution in [1.82, 2.24) is 5.32 Å². The van der Waals surface area contributed by atoms with E-state index in [1.54, 1.807) is 0 Å². The van der Waals surface area contributed by atoms with Gasteiger partial charge in [0.2, 0.25) is 11.8 Å². The van der Waals surface area contributed by atoms with Gasteiger partial charge in [0.1, 0.15) is 0 Å². The quantitative estimate of drug-likeness (QED) is 0.791. The summed E-state index contributed by atoms with van der Waals surface area (Å²) in [7, 11) is 0. The monoisotopic (exact) mass is 231 g/mol. The van der Waals surface area contributed by atoms with Gasteiger partial charge in [0.05, 0.1) is 0 Å². The van der Waals surface area contributed by atoms with Crippen molar-refractivity contribution in [3.63, 3.8) is 0 Å². The summed E-state index contributed by atoms with van der Waals surface area (Å²) in [4.78, 5) is 23.0. The summed E-state index contributed by atoms with van der Waals surface area (Å²) in [5.41, 5.74) is 2.35. The standard InChI is InChI=1S/C14H17NO2/c1-3-10-4-6-11(7-5-10)12-8-13(16)15-14(17)9(12)2/h4-7,9,12H,3,8H2,1-2H3,(H,15,16,17). The lowest BCUT2D eigenvalue weighted by Gasteiger charge is -2.27. The Kier molecular flexibility index (Phi) is 3.27. The number of rotatable bonds is 2. The molecular formula is C14H17NO2. The van der Waals surface area contributed by atoms with Gasteiger partial charge >= 0.3 is 0 Å². The molecule has 1 aromatic carbocycles. The fourth-order valence-corrected chi connectivity index (χ4v) is 2.27. The normalized spacial score (nSPS) is 24.6. The second-order valence-corrected chi connectivity index (χ2v) is 4.61. The number of carbonyl (C=O) groups is 2. The lowest BCUT2D eigenvalue weighted by molar-refractivity contribution is -0.136. The van der Waals surface area contributed by atoms with Crippen LogP contribution in [0.25, 0.3) is 0 Å². The van der Waals surface area contributed by atoms with Crippen LogP contribution in [0.15, 0.2) is 24.3 Å². The topological polar surface area (TPSA) is 46.2 Å². The van der Waals surface area contributed by atoms with E-state index in [1.165, 1.54) is 5.56 Å². The van der Waals surface area contributed by atoms with Crippen LogP contribution in [0, 0.1) is 5.92 Å². The van der Waals surface area contributed by atoms with E-state index in [1.807, 2.05) is 19.1 Å². The Hall–Kier alpha value is -1.64. The van der Waals surface area contributed by atoms with Gasteiger partial charge in [-0.15, -0.1) is 0 Å². The van der Waals surface area contributed by atoms with Crippen LogP contribution in [0.4, 0.5) is 0 Å². The Morgan fingerprint density at radius 2 is 1.88 bits per heavy atom. The second kappa shape index (κ2) is 4.70. The average Bonchev–Trinajstić information content (AvgIpc) is 2.34. The SMILES string of the molecule is CCc1ccc(C2CC(=O)NC(=O)C2C)cc1. The molecule has 0 aromatic heterocycles. The molecule has 3 nitrogen and oxygen atoms in total. The zero-order chi connectivity index (χ0) is 12.4. The minimum atomic E-state index is -0.169. The van der Waals surface area contributed by atoms with Gasteiger partial charge in [-0.3, -0.25) is 14.9 Å². The van der Waals surface area contributed by atoms with Crippen molar-refractivity contribution in [2.24, 2.45) is 5.92 Å². The number of piperidine rings is 1. The van der Waals surface area contributed by atoms with Gasteiger partial charge in [-0.05, 0) is 17.5 Å². The molecule has 0 spiro atoms. The molecule has 0 aliphatic carbocycles. The van der Waals surface area contributed by atoms with E-state index in [0.29, 0.717) is 6.42 Å². The highest BCUT2D eigenvalue weighted by Gasteiger charge is 2.33. The lowest BCUT2D eigenvalue weighted by Crippen LogP contribution is -2.43. The molecule has 1 heterocycles. The maximum Gasteiger partial charge on any atom is 0.230 e. The summed E-state index contributed by atoms with van der Waals surface area (Å²) in [6, 6.07) is 8.20. The van der Waals surface area contributed by atoms with Crippen molar-refractivity contribution in [2.45, 2.75) is 32.6 Å². The number of hydrogen-bond donors (Lipinski definition) is 1. The molecule has 0 saturated carbocycles. The van der Waals surface area contributed by atoms with Crippen molar-refractivity contribution in [3.05, 3.63) is 35.4 Å². The van der Waals surface area contributed by atoms with Crippen LogP contribution in [0.3, 0.4) is 0 Å². The van der Waals surface area contributed by atoms with Crippen LogP contribution in [0.5, 0.6) is 0 Å². The first kappa shape index (κ1) is 11.8. The maximum atomic E-state index is 11.6. The van der Waals surface area contributed by atoms with Crippen LogP contribution in [0.2, 0.25) is 0 Å². The van der Waals surface area contributed by atoms with Crippen molar-refractivity contribution >= 4 is 11.8 Å². The summed E-state index contributed by atoms with van der Waals surface area (Å²) in [6.07, 6.45) is 1.40. The predicted octanol–water partition coefficient (Wildman–Crippen LogP) is 2.02. The first-order chi connectivity index (χ1) is 8.11. The van der Waals surface area contributed by atoms with Crippen molar-refractivity contribution in [3.8, 4) is 0 Å². The van der Waals surface area contributed by atoms with Crippen LogP contribution < -0.4 is 5.32 Å². The highest BCUT2D eigenvalue weighted by molar-refractivity contribution is 5.99. The molecule has 0 bridgehead atoms. The van der Waals surface area contributed by atoms with Gasteiger partial charge < -0.3 is 0 Å². The number of amides is 2.